The van der Waals surface area contributed by atoms with Crippen molar-refractivity contribution in [1.29, 1.82) is 0 Å². The third kappa shape index (κ3) is 2.82. The maximum Gasteiger partial charge on any atom is 0.203 e. The predicted molar refractivity (Wildman–Crippen MR) is 71.4 cm³/mol. The molecular weight excluding hydrogens is 230 g/mol. The molecule has 0 spiro atoms. The molecule has 1 atom stereocenters. The van der Waals surface area contributed by atoms with E-state index in [-0.39, 0.29) is 6.17 Å². The number of hydrogen-bond donors (Lipinski definition) is 2. The average molecular weight is 249 g/mol. The second-order valence-corrected chi connectivity index (χ2v) is 4.34. The maximum absolute atomic E-state index is 5.55. The summed E-state index contributed by atoms with van der Waals surface area (Å²) < 4.78 is 5.55. The summed E-state index contributed by atoms with van der Waals surface area (Å²) in [4.78, 5) is 10.6. The molecule has 0 fully saturated rings. The monoisotopic (exact) mass is 249 g/mol. The van der Waals surface area contributed by atoms with Crippen molar-refractivity contribution in [1.82, 2.24) is 15.5 Å². The van der Waals surface area contributed by atoms with Gasteiger partial charge in [-0.3, -0.25) is 10.3 Å². The van der Waals surface area contributed by atoms with E-state index in [2.05, 4.69) is 20.6 Å². The number of rotatable bonds is 2. The summed E-state index contributed by atoms with van der Waals surface area (Å²) in [5.74, 6) is 3.36. The zero-order chi connectivity index (χ0) is 13.1. The first-order chi connectivity index (χ1) is 8.58. The van der Waals surface area contributed by atoms with Gasteiger partial charge in [0.15, 0.2) is 5.96 Å². The lowest BCUT2D eigenvalue weighted by Crippen LogP contribution is -2.54. The maximum atomic E-state index is 5.55. The van der Waals surface area contributed by atoms with E-state index in [9.17, 15) is 0 Å². The van der Waals surface area contributed by atoms with Crippen LogP contribution in [0.2, 0.25) is 0 Å². The van der Waals surface area contributed by atoms with E-state index < -0.39 is 0 Å². The Morgan fingerprint density at radius 3 is 2.89 bits per heavy atom. The van der Waals surface area contributed by atoms with Gasteiger partial charge in [0.05, 0.1) is 6.54 Å². The first kappa shape index (κ1) is 12.5. The molecule has 2 rings (SSSR count). The molecule has 1 aliphatic heterocycles. The summed E-state index contributed by atoms with van der Waals surface area (Å²) in [7, 11) is 3.70. The number of guanidine groups is 2. The van der Waals surface area contributed by atoms with Crippen molar-refractivity contribution in [2.75, 3.05) is 14.1 Å². The number of aryl methyl sites for hydroxylation is 1. The Bertz CT molecular complexity index is 477. The van der Waals surface area contributed by atoms with Crippen LogP contribution in [0.5, 0.6) is 0 Å². The first-order valence-corrected chi connectivity index (χ1v) is 5.93. The fraction of sp³-hybridized carbons (Fsp3) is 0.500. The Hall–Kier alpha value is -1.98. The molecule has 1 unspecified atom stereocenters. The highest BCUT2D eigenvalue weighted by molar-refractivity contribution is 6.00. The van der Waals surface area contributed by atoms with Crippen LogP contribution in [0.4, 0.5) is 0 Å². The van der Waals surface area contributed by atoms with E-state index in [1.165, 1.54) is 0 Å². The molecule has 1 aliphatic rings. The summed E-state index contributed by atoms with van der Waals surface area (Å²) in [5, 5.41) is 6.25. The Labute approximate surface area is 107 Å². The summed E-state index contributed by atoms with van der Waals surface area (Å²) in [6, 6.07) is 3.94. The van der Waals surface area contributed by atoms with Gasteiger partial charge in [0, 0.05) is 14.1 Å². The Morgan fingerprint density at radius 2 is 2.28 bits per heavy atom. The van der Waals surface area contributed by atoms with E-state index in [1.807, 2.05) is 37.9 Å². The molecule has 0 aliphatic carbocycles. The van der Waals surface area contributed by atoms with E-state index in [0.29, 0.717) is 6.54 Å². The van der Waals surface area contributed by atoms with Crippen molar-refractivity contribution in [3.8, 4) is 0 Å². The van der Waals surface area contributed by atoms with Crippen LogP contribution in [0.25, 0.3) is 0 Å². The van der Waals surface area contributed by atoms with Gasteiger partial charge in [-0.15, -0.1) is 0 Å². The normalized spacial score (nSPS) is 21.2. The van der Waals surface area contributed by atoms with Gasteiger partial charge in [-0.1, -0.05) is 0 Å². The smallest absolute Gasteiger partial charge is 0.203 e. The van der Waals surface area contributed by atoms with Crippen LogP contribution in [0, 0.1) is 6.92 Å². The molecule has 0 amide bonds. The molecular formula is C12H19N5O. The second-order valence-electron chi connectivity index (χ2n) is 4.34. The lowest BCUT2D eigenvalue weighted by Gasteiger charge is -2.28. The highest BCUT2D eigenvalue weighted by atomic mass is 16.3. The predicted octanol–water partition coefficient (Wildman–Crippen LogP) is 0.900. The van der Waals surface area contributed by atoms with E-state index in [1.54, 1.807) is 7.05 Å². The first-order valence-electron chi connectivity index (χ1n) is 5.93. The number of furan rings is 1. The van der Waals surface area contributed by atoms with Crippen molar-refractivity contribution < 1.29 is 4.42 Å². The van der Waals surface area contributed by atoms with Gasteiger partial charge in [-0.05, 0) is 26.0 Å². The Kier molecular flexibility index (Phi) is 3.55. The van der Waals surface area contributed by atoms with Crippen LogP contribution in [-0.2, 0) is 6.54 Å². The molecule has 0 saturated heterocycles. The number of nitrogens with zero attached hydrogens (tertiary/aromatic N) is 3. The standard InChI is InChI=1S/C12H19N5O/c1-8-5-6-10(18-8)7-17(4)12-15-9(2)14-11(13-3)16-12/h5-6,9H,7H2,1-4H3,(H2,13,14,15,16). The van der Waals surface area contributed by atoms with Crippen LogP contribution >= 0.6 is 0 Å². The third-order valence-electron chi connectivity index (χ3n) is 2.67. The fourth-order valence-electron chi connectivity index (χ4n) is 1.78. The summed E-state index contributed by atoms with van der Waals surface area (Å²) in [5.41, 5.74) is 0. The largest absolute Gasteiger partial charge is 0.464 e. The molecule has 2 heterocycles. The molecule has 0 aromatic carbocycles. The van der Waals surface area contributed by atoms with Gasteiger partial charge < -0.3 is 14.6 Å². The van der Waals surface area contributed by atoms with Gasteiger partial charge in [0.25, 0.3) is 0 Å². The van der Waals surface area contributed by atoms with Crippen molar-refractivity contribution in [3.63, 3.8) is 0 Å². The molecule has 98 valence electrons. The van der Waals surface area contributed by atoms with Crippen molar-refractivity contribution in [3.05, 3.63) is 23.7 Å². The van der Waals surface area contributed by atoms with Gasteiger partial charge in [0.1, 0.15) is 17.7 Å². The molecule has 6 heteroatoms. The molecule has 18 heavy (non-hydrogen) atoms. The number of hydrogen-bond acceptors (Lipinski definition) is 4. The molecule has 1 aromatic heterocycles. The van der Waals surface area contributed by atoms with Gasteiger partial charge in [-0.25, -0.2) is 4.99 Å². The van der Waals surface area contributed by atoms with Crippen molar-refractivity contribution in [2.45, 2.75) is 26.6 Å². The summed E-state index contributed by atoms with van der Waals surface area (Å²) in [6.07, 6.45) is 0.0146. The highest BCUT2D eigenvalue weighted by Gasteiger charge is 2.18. The minimum atomic E-state index is 0.0146. The summed E-state index contributed by atoms with van der Waals surface area (Å²) in [6.45, 7) is 4.59. The Balaban J connectivity index is 2.06. The molecule has 2 N–H and O–H groups in total. The van der Waals surface area contributed by atoms with Crippen LogP contribution in [0.1, 0.15) is 18.4 Å². The summed E-state index contributed by atoms with van der Waals surface area (Å²) >= 11 is 0. The second kappa shape index (κ2) is 5.12. The zero-order valence-electron chi connectivity index (χ0n) is 11.2. The van der Waals surface area contributed by atoms with Crippen LogP contribution < -0.4 is 10.6 Å². The van der Waals surface area contributed by atoms with Crippen molar-refractivity contribution in [2.24, 2.45) is 9.98 Å². The van der Waals surface area contributed by atoms with E-state index in [0.717, 1.165) is 23.4 Å². The SMILES string of the molecule is CN=C1NC(N(C)Cc2ccc(C)o2)=NC(C)N1. The highest BCUT2D eigenvalue weighted by Crippen LogP contribution is 2.09. The number of nitrogens with one attached hydrogen (secondary N) is 2. The van der Waals surface area contributed by atoms with Crippen LogP contribution in [0.15, 0.2) is 26.5 Å². The third-order valence-corrected chi connectivity index (χ3v) is 2.67. The van der Waals surface area contributed by atoms with Gasteiger partial charge in [-0.2, -0.15) is 0 Å². The minimum Gasteiger partial charge on any atom is -0.464 e. The number of aliphatic imine (C=N–C) groups is 2. The lowest BCUT2D eigenvalue weighted by atomic mass is 10.4. The topological polar surface area (TPSA) is 65.2 Å². The van der Waals surface area contributed by atoms with Crippen molar-refractivity contribution >= 4 is 11.9 Å². The van der Waals surface area contributed by atoms with Crippen LogP contribution in [0.3, 0.4) is 0 Å². The fourth-order valence-corrected chi connectivity index (χ4v) is 1.78. The molecule has 0 saturated carbocycles. The molecule has 6 nitrogen and oxygen atoms in total. The minimum absolute atomic E-state index is 0.0146. The Morgan fingerprint density at radius 1 is 1.50 bits per heavy atom. The quantitative estimate of drug-likeness (QED) is 0.817. The van der Waals surface area contributed by atoms with E-state index in [4.69, 9.17) is 4.42 Å². The average Bonchev–Trinajstić information content (AvgIpc) is 2.73. The molecule has 0 radical (unpaired) electrons. The van der Waals surface area contributed by atoms with Gasteiger partial charge in [0.2, 0.25) is 5.96 Å². The lowest BCUT2D eigenvalue weighted by molar-refractivity contribution is 0.390. The van der Waals surface area contributed by atoms with Crippen LogP contribution in [-0.4, -0.2) is 37.1 Å². The molecule has 1 aromatic rings. The zero-order valence-corrected chi connectivity index (χ0v) is 11.2. The molecule has 0 bridgehead atoms. The van der Waals surface area contributed by atoms with Gasteiger partial charge >= 0.3 is 0 Å². The van der Waals surface area contributed by atoms with E-state index >= 15 is 0 Å².